The molecule has 2 aromatic carbocycles. The summed E-state index contributed by atoms with van der Waals surface area (Å²) in [5, 5.41) is 8.64. The molecule has 0 aliphatic heterocycles. The van der Waals surface area contributed by atoms with Crippen molar-refractivity contribution in [2.24, 2.45) is 0 Å². The lowest BCUT2D eigenvalue weighted by atomic mass is 10.2. The van der Waals surface area contributed by atoms with E-state index in [9.17, 15) is 18.0 Å². The molecule has 10 heteroatoms. The number of anilines is 2. The number of carboxylic acid groups (broad SMARTS) is 1. The van der Waals surface area contributed by atoms with Crippen molar-refractivity contribution in [3.05, 3.63) is 72.3 Å². The molecular formula is C24H31N3O6S. The fourth-order valence-electron chi connectivity index (χ4n) is 3.25. The van der Waals surface area contributed by atoms with Gasteiger partial charge in [-0.1, -0.05) is 48.6 Å². The number of rotatable bonds is 13. The number of nitrogens with zero attached hydrogens (tertiary/aromatic N) is 3. The van der Waals surface area contributed by atoms with Crippen LogP contribution in [0.3, 0.4) is 0 Å². The molecule has 0 aliphatic carbocycles. The highest BCUT2D eigenvalue weighted by atomic mass is 32.2. The van der Waals surface area contributed by atoms with Crippen LogP contribution in [0.5, 0.6) is 0 Å². The molecule has 2 rings (SSSR count). The molecule has 0 saturated carbocycles. The van der Waals surface area contributed by atoms with Gasteiger partial charge in [0.05, 0.1) is 11.9 Å². The van der Waals surface area contributed by atoms with Gasteiger partial charge in [-0.25, -0.2) is 18.0 Å². The Kier molecular flexibility index (Phi) is 10.1. The Morgan fingerprint density at radius 3 is 2.03 bits per heavy atom. The molecule has 34 heavy (non-hydrogen) atoms. The normalized spacial score (nSPS) is 11.5. The Morgan fingerprint density at radius 1 is 0.912 bits per heavy atom. The van der Waals surface area contributed by atoms with E-state index < -0.39 is 22.0 Å². The molecule has 0 aromatic heterocycles. The highest BCUT2D eigenvalue weighted by Gasteiger charge is 2.22. The van der Waals surface area contributed by atoms with Crippen molar-refractivity contribution < 1.29 is 28.0 Å². The van der Waals surface area contributed by atoms with Gasteiger partial charge >= 0.3 is 11.9 Å². The van der Waals surface area contributed by atoms with Crippen LogP contribution < -0.4 is 9.37 Å². The minimum Gasteiger partial charge on any atom is -0.478 e. The van der Waals surface area contributed by atoms with Crippen molar-refractivity contribution in [3.8, 4) is 0 Å². The lowest BCUT2D eigenvalue weighted by molar-refractivity contribution is -0.138. The largest absolute Gasteiger partial charge is 0.478 e. The average Bonchev–Trinajstić information content (AvgIpc) is 2.81. The van der Waals surface area contributed by atoms with Crippen molar-refractivity contribution >= 4 is 33.3 Å². The average molecular weight is 490 g/mol. The molecule has 0 fully saturated rings. The third-order valence-corrected chi connectivity index (χ3v) is 5.95. The van der Waals surface area contributed by atoms with E-state index in [1.54, 1.807) is 24.3 Å². The summed E-state index contributed by atoms with van der Waals surface area (Å²) in [6.07, 6.45) is 2.10. The minimum atomic E-state index is -3.97. The van der Waals surface area contributed by atoms with Gasteiger partial charge in [-0.15, -0.1) is 0 Å². The van der Waals surface area contributed by atoms with E-state index in [1.165, 1.54) is 0 Å². The number of aliphatic carboxylic acids is 1. The second-order valence-electron chi connectivity index (χ2n) is 7.52. The predicted molar refractivity (Wildman–Crippen MR) is 132 cm³/mol. The fraction of sp³-hybridized carbons (Fsp3) is 0.333. The highest BCUT2D eigenvalue weighted by molar-refractivity contribution is 7.91. The van der Waals surface area contributed by atoms with Crippen molar-refractivity contribution in [2.45, 2.75) is 20.4 Å². The molecule has 0 amide bonds. The Balaban J connectivity index is 2.27. The quantitative estimate of drug-likeness (QED) is 0.338. The SMILES string of the molecule is CCN(CC)CCN(Cc1ccccc1)c1ccc(N(OC(=O)/C=C/C(=O)O)S(C)(=O)=O)cc1. The second-order valence-corrected chi connectivity index (χ2v) is 9.32. The summed E-state index contributed by atoms with van der Waals surface area (Å²) in [7, 11) is -3.97. The lowest BCUT2D eigenvalue weighted by Crippen LogP contribution is -2.35. The minimum absolute atomic E-state index is 0.117. The van der Waals surface area contributed by atoms with Gasteiger partial charge in [-0.05, 0) is 42.9 Å². The van der Waals surface area contributed by atoms with Crippen molar-refractivity contribution in [1.29, 1.82) is 0 Å². The molecule has 0 heterocycles. The number of hydrogen-bond donors (Lipinski definition) is 1. The molecular weight excluding hydrogens is 458 g/mol. The molecule has 1 N–H and O–H groups in total. The number of carbonyl (C=O) groups is 2. The van der Waals surface area contributed by atoms with Crippen LogP contribution in [-0.4, -0.2) is 62.8 Å². The summed E-state index contributed by atoms with van der Waals surface area (Å²) in [5.41, 5.74) is 2.14. The maximum atomic E-state index is 12.2. The number of carboxylic acids is 1. The number of hydrogen-bond acceptors (Lipinski definition) is 7. The molecule has 0 saturated heterocycles. The zero-order chi connectivity index (χ0) is 25.1. The molecule has 0 aliphatic rings. The smallest absolute Gasteiger partial charge is 0.357 e. The van der Waals surface area contributed by atoms with Gasteiger partial charge in [0.2, 0.25) is 0 Å². The second kappa shape index (κ2) is 12.8. The van der Waals surface area contributed by atoms with Crippen molar-refractivity contribution in [2.75, 3.05) is 41.8 Å². The Bertz CT molecular complexity index is 1070. The Hall–Kier alpha value is -3.37. The predicted octanol–water partition coefficient (Wildman–Crippen LogP) is 2.90. The van der Waals surface area contributed by atoms with Crippen LogP contribution in [0.15, 0.2) is 66.7 Å². The molecule has 0 unspecified atom stereocenters. The van der Waals surface area contributed by atoms with Gasteiger partial charge in [0.1, 0.15) is 0 Å². The van der Waals surface area contributed by atoms with E-state index in [1.807, 2.05) is 30.3 Å². The fourth-order valence-corrected chi connectivity index (χ4v) is 3.97. The molecule has 184 valence electrons. The maximum Gasteiger partial charge on any atom is 0.357 e. The van der Waals surface area contributed by atoms with Gasteiger partial charge in [0.25, 0.3) is 10.0 Å². The van der Waals surface area contributed by atoms with Gasteiger partial charge in [0.15, 0.2) is 0 Å². The maximum absolute atomic E-state index is 12.2. The van der Waals surface area contributed by atoms with Crippen LogP contribution in [0.25, 0.3) is 0 Å². The summed E-state index contributed by atoms with van der Waals surface area (Å²) >= 11 is 0. The van der Waals surface area contributed by atoms with Crippen LogP contribution in [0, 0.1) is 0 Å². The van der Waals surface area contributed by atoms with Crippen LogP contribution in [-0.2, 0) is 31.0 Å². The molecule has 0 spiro atoms. The first kappa shape index (κ1) is 26.9. The van der Waals surface area contributed by atoms with E-state index in [0.29, 0.717) is 23.2 Å². The third kappa shape index (κ3) is 8.53. The summed E-state index contributed by atoms with van der Waals surface area (Å²) in [5.74, 6) is -2.47. The van der Waals surface area contributed by atoms with Gasteiger partial charge in [0, 0.05) is 37.5 Å². The van der Waals surface area contributed by atoms with E-state index in [4.69, 9.17) is 9.94 Å². The van der Waals surface area contributed by atoms with Crippen molar-refractivity contribution in [3.63, 3.8) is 0 Å². The monoisotopic (exact) mass is 489 g/mol. The molecule has 0 radical (unpaired) electrons. The van der Waals surface area contributed by atoms with Gasteiger partial charge in [-0.2, -0.15) is 0 Å². The first-order valence-corrected chi connectivity index (χ1v) is 12.7. The molecule has 0 atom stereocenters. The lowest BCUT2D eigenvalue weighted by Gasteiger charge is -2.29. The van der Waals surface area contributed by atoms with Gasteiger partial charge in [-0.3, -0.25) is 0 Å². The number of carbonyl (C=O) groups excluding carboxylic acids is 1. The number of likely N-dealkylation sites (N-methyl/N-ethyl adjacent to an activating group) is 1. The van der Waals surface area contributed by atoms with Crippen LogP contribution >= 0.6 is 0 Å². The summed E-state index contributed by atoms with van der Waals surface area (Å²) in [6, 6.07) is 16.6. The molecule has 2 aromatic rings. The number of sulfonamides is 1. The van der Waals surface area contributed by atoms with Crippen LogP contribution in [0.1, 0.15) is 19.4 Å². The Morgan fingerprint density at radius 2 is 1.50 bits per heavy atom. The molecule has 9 nitrogen and oxygen atoms in total. The van der Waals surface area contributed by atoms with Crippen molar-refractivity contribution in [1.82, 2.24) is 4.90 Å². The van der Waals surface area contributed by atoms with E-state index >= 15 is 0 Å². The highest BCUT2D eigenvalue weighted by Crippen LogP contribution is 2.24. The standard InChI is InChI=1S/C24H31N3O6S/c1-4-25(5-2)17-18-26(19-20-9-7-6-8-10-20)21-11-13-22(14-12-21)27(34(3,31)32)33-24(30)16-15-23(28)29/h6-16H,4-5,17-19H2,1-3H3,(H,28,29)/b16-15+. The summed E-state index contributed by atoms with van der Waals surface area (Å²) in [6.45, 7) is 8.43. The van der Waals surface area contributed by atoms with E-state index in [2.05, 4.69) is 23.6 Å². The van der Waals surface area contributed by atoms with E-state index in [-0.39, 0.29) is 5.69 Å². The first-order chi connectivity index (χ1) is 16.1. The summed E-state index contributed by atoms with van der Waals surface area (Å²) in [4.78, 5) is 31.9. The van der Waals surface area contributed by atoms with Crippen LogP contribution in [0.4, 0.5) is 11.4 Å². The number of benzene rings is 2. The van der Waals surface area contributed by atoms with Gasteiger partial charge < -0.3 is 19.7 Å². The topological polar surface area (TPSA) is 107 Å². The van der Waals surface area contributed by atoms with Crippen LogP contribution in [0.2, 0.25) is 0 Å². The zero-order valence-corrected chi connectivity index (χ0v) is 20.4. The van der Waals surface area contributed by atoms with E-state index in [0.717, 1.165) is 43.7 Å². The molecule has 0 bridgehead atoms. The zero-order valence-electron chi connectivity index (χ0n) is 19.6. The third-order valence-electron chi connectivity index (χ3n) is 5.06. The first-order valence-electron chi connectivity index (χ1n) is 10.9. The summed E-state index contributed by atoms with van der Waals surface area (Å²) < 4.78 is 24.9. The Labute approximate surface area is 200 Å².